The Labute approximate surface area is 152 Å². The molecule has 2 aromatic heterocycles. The summed E-state index contributed by atoms with van der Waals surface area (Å²) in [6.45, 7) is 0.649. The SMILES string of the molecule is O=C(NCc1ccc2c(c1)OCO2)c1c(-n2cnnn2)sc2c1CCC2. The van der Waals surface area contributed by atoms with E-state index in [4.69, 9.17) is 9.47 Å². The number of fused-ring (bicyclic) bond motifs is 2. The van der Waals surface area contributed by atoms with E-state index in [9.17, 15) is 4.79 Å². The summed E-state index contributed by atoms with van der Waals surface area (Å²) in [6.07, 6.45) is 4.53. The Morgan fingerprint density at radius 1 is 1.27 bits per heavy atom. The van der Waals surface area contributed by atoms with Gasteiger partial charge in [0.05, 0.1) is 5.56 Å². The molecular formula is C17H15N5O3S. The number of nitrogens with one attached hydrogen (secondary N) is 1. The first-order valence-corrected chi connectivity index (χ1v) is 9.16. The molecule has 0 unspecified atom stereocenters. The van der Waals surface area contributed by atoms with Crippen LogP contribution in [0.4, 0.5) is 0 Å². The predicted molar refractivity (Wildman–Crippen MR) is 92.8 cm³/mol. The molecule has 0 spiro atoms. The molecule has 0 saturated heterocycles. The van der Waals surface area contributed by atoms with Gasteiger partial charge in [0.2, 0.25) is 6.79 Å². The fourth-order valence-corrected chi connectivity index (χ4v) is 4.66. The van der Waals surface area contributed by atoms with Crippen LogP contribution in [0, 0.1) is 0 Å². The van der Waals surface area contributed by atoms with Crippen LogP contribution in [0.1, 0.15) is 32.8 Å². The number of carbonyl (C=O) groups excluding carboxylic acids is 1. The van der Waals surface area contributed by atoms with Crippen LogP contribution in [0.3, 0.4) is 0 Å². The number of benzene rings is 1. The second-order valence-electron chi connectivity index (χ2n) is 6.16. The molecule has 5 rings (SSSR count). The molecule has 1 aromatic carbocycles. The number of amides is 1. The average Bonchev–Trinajstić information content (AvgIpc) is 3.42. The van der Waals surface area contributed by atoms with Crippen LogP contribution in [-0.2, 0) is 19.4 Å². The summed E-state index contributed by atoms with van der Waals surface area (Å²) in [5.74, 6) is 1.34. The van der Waals surface area contributed by atoms with Gasteiger partial charge in [0, 0.05) is 11.4 Å². The van der Waals surface area contributed by atoms with Crippen LogP contribution >= 0.6 is 11.3 Å². The van der Waals surface area contributed by atoms with E-state index in [0.29, 0.717) is 17.9 Å². The van der Waals surface area contributed by atoms with Crippen molar-refractivity contribution in [2.75, 3.05) is 6.79 Å². The molecular weight excluding hydrogens is 354 g/mol. The fraction of sp³-hybridized carbons (Fsp3) is 0.294. The van der Waals surface area contributed by atoms with Crippen LogP contribution in [0.2, 0.25) is 0 Å². The number of aromatic nitrogens is 4. The number of aryl methyl sites for hydroxylation is 1. The molecule has 1 aliphatic heterocycles. The zero-order valence-electron chi connectivity index (χ0n) is 13.8. The normalized spacial score (nSPS) is 14.5. The van der Waals surface area contributed by atoms with Gasteiger partial charge in [-0.05, 0) is 52.9 Å². The largest absolute Gasteiger partial charge is 0.454 e. The fourth-order valence-electron chi connectivity index (χ4n) is 3.36. The van der Waals surface area contributed by atoms with Gasteiger partial charge in [0.25, 0.3) is 5.91 Å². The van der Waals surface area contributed by atoms with Gasteiger partial charge < -0.3 is 14.8 Å². The summed E-state index contributed by atoms with van der Waals surface area (Å²) in [7, 11) is 0. The highest BCUT2D eigenvalue weighted by Crippen LogP contribution is 2.37. The van der Waals surface area contributed by atoms with Crippen molar-refractivity contribution in [2.45, 2.75) is 25.8 Å². The van der Waals surface area contributed by atoms with Gasteiger partial charge >= 0.3 is 0 Å². The highest BCUT2D eigenvalue weighted by Gasteiger charge is 2.28. The first kappa shape index (κ1) is 15.3. The molecule has 3 aromatic rings. The van der Waals surface area contributed by atoms with Crippen LogP contribution in [0.25, 0.3) is 5.00 Å². The number of carbonyl (C=O) groups is 1. The lowest BCUT2D eigenvalue weighted by Crippen LogP contribution is -2.24. The third-order valence-electron chi connectivity index (χ3n) is 4.58. The molecule has 8 nitrogen and oxygen atoms in total. The van der Waals surface area contributed by atoms with E-state index in [1.807, 2.05) is 18.2 Å². The maximum Gasteiger partial charge on any atom is 0.254 e. The second-order valence-corrected chi connectivity index (χ2v) is 7.25. The number of tetrazole rings is 1. The Morgan fingerprint density at radius 3 is 3.08 bits per heavy atom. The smallest absolute Gasteiger partial charge is 0.254 e. The number of thiophene rings is 1. The lowest BCUT2D eigenvalue weighted by molar-refractivity contribution is 0.0950. The maximum atomic E-state index is 12.9. The molecule has 0 saturated carbocycles. The van der Waals surface area contributed by atoms with Gasteiger partial charge in [-0.1, -0.05) is 6.07 Å². The molecule has 1 aliphatic carbocycles. The van der Waals surface area contributed by atoms with Crippen LogP contribution in [0.5, 0.6) is 11.5 Å². The molecule has 26 heavy (non-hydrogen) atoms. The second kappa shape index (κ2) is 6.10. The molecule has 1 N–H and O–H groups in total. The monoisotopic (exact) mass is 369 g/mol. The van der Waals surface area contributed by atoms with Gasteiger partial charge in [-0.25, -0.2) is 0 Å². The topological polar surface area (TPSA) is 91.2 Å². The molecule has 3 heterocycles. The minimum Gasteiger partial charge on any atom is -0.454 e. The van der Waals surface area contributed by atoms with E-state index in [-0.39, 0.29) is 12.7 Å². The number of hydrogen-bond acceptors (Lipinski definition) is 7. The summed E-state index contributed by atoms with van der Waals surface area (Å²) >= 11 is 1.60. The zero-order chi connectivity index (χ0) is 17.5. The summed E-state index contributed by atoms with van der Waals surface area (Å²) < 4.78 is 12.3. The van der Waals surface area contributed by atoms with E-state index in [1.54, 1.807) is 16.0 Å². The van der Waals surface area contributed by atoms with Gasteiger partial charge in [-0.2, -0.15) is 4.68 Å². The van der Waals surface area contributed by atoms with Gasteiger partial charge in [-0.3, -0.25) is 4.79 Å². The van der Waals surface area contributed by atoms with E-state index in [0.717, 1.165) is 41.1 Å². The number of ether oxygens (including phenoxy) is 2. The summed E-state index contributed by atoms with van der Waals surface area (Å²) in [5, 5.41) is 15.1. The highest BCUT2D eigenvalue weighted by atomic mass is 32.1. The highest BCUT2D eigenvalue weighted by molar-refractivity contribution is 7.15. The quantitative estimate of drug-likeness (QED) is 0.755. The Hall–Kier alpha value is -2.94. The molecule has 0 fully saturated rings. The van der Waals surface area contributed by atoms with Gasteiger partial charge in [-0.15, -0.1) is 16.4 Å². The first-order chi connectivity index (χ1) is 12.8. The van der Waals surface area contributed by atoms with Crippen molar-refractivity contribution in [2.24, 2.45) is 0 Å². The van der Waals surface area contributed by atoms with Crippen molar-refractivity contribution in [3.63, 3.8) is 0 Å². The van der Waals surface area contributed by atoms with E-state index in [2.05, 4.69) is 20.8 Å². The van der Waals surface area contributed by atoms with Crippen molar-refractivity contribution in [1.82, 2.24) is 25.5 Å². The minimum atomic E-state index is -0.104. The van der Waals surface area contributed by atoms with Crippen molar-refractivity contribution in [1.29, 1.82) is 0 Å². The van der Waals surface area contributed by atoms with E-state index < -0.39 is 0 Å². The zero-order valence-corrected chi connectivity index (χ0v) is 14.6. The van der Waals surface area contributed by atoms with Crippen LogP contribution < -0.4 is 14.8 Å². The predicted octanol–water partition coefficient (Wildman–Crippen LogP) is 1.87. The third-order valence-corrected chi connectivity index (χ3v) is 5.86. The Morgan fingerprint density at radius 2 is 2.19 bits per heavy atom. The maximum absolute atomic E-state index is 12.9. The van der Waals surface area contributed by atoms with Gasteiger partial charge in [0.1, 0.15) is 11.3 Å². The molecule has 2 aliphatic rings. The van der Waals surface area contributed by atoms with Crippen molar-refractivity contribution < 1.29 is 14.3 Å². The average molecular weight is 369 g/mol. The molecule has 0 radical (unpaired) electrons. The number of nitrogens with zero attached hydrogens (tertiary/aromatic N) is 4. The minimum absolute atomic E-state index is 0.104. The lowest BCUT2D eigenvalue weighted by atomic mass is 10.1. The van der Waals surface area contributed by atoms with Crippen molar-refractivity contribution >= 4 is 17.2 Å². The van der Waals surface area contributed by atoms with Crippen LogP contribution in [-0.4, -0.2) is 32.9 Å². The van der Waals surface area contributed by atoms with E-state index >= 15 is 0 Å². The molecule has 0 atom stereocenters. The lowest BCUT2D eigenvalue weighted by Gasteiger charge is -2.08. The molecule has 1 amide bonds. The number of hydrogen-bond donors (Lipinski definition) is 1. The third kappa shape index (κ3) is 2.51. The molecule has 0 bridgehead atoms. The Bertz CT molecular complexity index is 983. The Balaban J connectivity index is 1.40. The summed E-state index contributed by atoms with van der Waals surface area (Å²) in [6, 6.07) is 5.68. The standard InChI is InChI=1S/C17H15N5O3S/c23-16(18-7-10-4-5-12-13(6-10)25-9-24-12)15-11-2-1-3-14(11)26-17(15)22-8-19-20-21-22/h4-6,8H,1-3,7,9H2,(H,18,23). The van der Waals surface area contributed by atoms with E-state index in [1.165, 1.54) is 11.2 Å². The molecule has 9 heteroatoms. The number of rotatable bonds is 4. The summed E-state index contributed by atoms with van der Waals surface area (Å²) in [5.41, 5.74) is 2.78. The summed E-state index contributed by atoms with van der Waals surface area (Å²) in [4.78, 5) is 14.2. The van der Waals surface area contributed by atoms with Crippen LogP contribution in [0.15, 0.2) is 24.5 Å². The first-order valence-electron chi connectivity index (χ1n) is 8.34. The van der Waals surface area contributed by atoms with Gasteiger partial charge in [0.15, 0.2) is 11.5 Å². The van der Waals surface area contributed by atoms with Crippen molar-refractivity contribution in [3.05, 3.63) is 46.1 Å². The Kier molecular flexibility index (Phi) is 3.59. The van der Waals surface area contributed by atoms with Crippen molar-refractivity contribution in [3.8, 4) is 16.5 Å². The molecule has 132 valence electrons.